The highest BCUT2D eigenvalue weighted by molar-refractivity contribution is 5.40. The summed E-state index contributed by atoms with van der Waals surface area (Å²) in [6.07, 6.45) is 9.78. The van der Waals surface area contributed by atoms with Gasteiger partial charge < -0.3 is 5.11 Å². The molecule has 0 aliphatic heterocycles. The zero-order valence-electron chi connectivity index (χ0n) is 19.7. The lowest BCUT2D eigenvalue weighted by atomic mass is 9.45. The van der Waals surface area contributed by atoms with Gasteiger partial charge in [-0.05, 0) is 117 Å². The van der Waals surface area contributed by atoms with Crippen LogP contribution in [0.4, 0.5) is 0 Å². The summed E-state index contributed by atoms with van der Waals surface area (Å²) in [6, 6.07) is 8.80. The topological polar surface area (TPSA) is 38.0 Å². The molecule has 0 unspecified atom stereocenters. The molecule has 6 rings (SSSR count). The van der Waals surface area contributed by atoms with E-state index >= 15 is 0 Å². The van der Waals surface area contributed by atoms with E-state index in [1.165, 1.54) is 66.7 Å². The number of rotatable bonds is 1. The van der Waals surface area contributed by atoms with Crippen molar-refractivity contribution in [3.8, 4) is 5.69 Å². The normalized spacial score (nSPS) is 41.3. The molecule has 1 aromatic carbocycles. The van der Waals surface area contributed by atoms with E-state index in [0.717, 1.165) is 36.5 Å². The maximum Gasteiger partial charge on any atom is 0.0666 e. The minimum atomic E-state index is -0.0723. The van der Waals surface area contributed by atoms with E-state index in [0.29, 0.717) is 5.41 Å². The number of aliphatic hydroxyl groups excluding tert-OH is 1. The molecule has 3 fully saturated rings. The van der Waals surface area contributed by atoms with E-state index in [-0.39, 0.29) is 11.5 Å². The molecule has 2 aromatic rings. The van der Waals surface area contributed by atoms with E-state index in [1.807, 2.05) is 0 Å². The highest BCUT2D eigenvalue weighted by Gasteiger charge is 2.60. The van der Waals surface area contributed by atoms with Gasteiger partial charge in [-0.3, -0.25) is 0 Å². The molecular formula is C28H38N2O. The first-order chi connectivity index (χ1) is 14.8. The van der Waals surface area contributed by atoms with Gasteiger partial charge in [0.1, 0.15) is 0 Å². The van der Waals surface area contributed by atoms with E-state index in [9.17, 15) is 5.11 Å². The number of nitrogens with zero attached hydrogens (tertiary/aromatic N) is 2. The molecule has 4 aliphatic carbocycles. The molecule has 3 nitrogen and oxygen atoms in total. The molecule has 3 heteroatoms. The van der Waals surface area contributed by atoms with Gasteiger partial charge in [-0.25, -0.2) is 4.68 Å². The number of fused-ring (bicyclic) bond motifs is 6. The summed E-state index contributed by atoms with van der Waals surface area (Å²) < 4.78 is 2.20. The zero-order chi connectivity index (χ0) is 21.5. The Morgan fingerprint density at radius 3 is 2.45 bits per heavy atom. The first-order valence-electron chi connectivity index (χ1n) is 12.6. The Kier molecular flexibility index (Phi) is 4.33. The molecule has 166 valence electrons. The molecule has 1 heterocycles. The fourth-order valence-electron chi connectivity index (χ4n) is 8.66. The van der Waals surface area contributed by atoms with Crippen LogP contribution in [0.2, 0.25) is 0 Å². The Morgan fingerprint density at radius 2 is 1.68 bits per heavy atom. The van der Waals surface area contributed by atoms with Crippen LogP contribution in [0.5, 0.6) is 0 Å². The molecule has 7 atom stereocenters. The SMILES string of the molecule is Cc1ccc(-n2nc3c(c2C)C[C@@]2(C)[C@@H](CC[C@@H]4[C@@H]2CC[C@]2(C)[C@@H](O)CC[C@@H]42)C3)cc1. The highest BCUT2D eigenvalue weighted by Crippen LogP contribution is 2.65. The molecule has 0 spiro atoms. The van der Waals surface area contributed by atoms with Crippen LogP contribution in [0.15, 0.2) is 24.3 Å². The predicted molar refractivity (Wildman–Crippen MR) is 124 cm³/mol. The first kappa shape index (κ1) is 20.0. The number of benzene rings is 1. The van der Waals surface area contributed by atoms with Crippen molar-refractivity contribution in [3.63, 3.8) is 0 Å². The fourth-order valence-corrected chi connectivity index (χ4v) is 8.66. The van der Waals surface area contributed by atoms with Crippen LogP contribution in [0.1, 0.15) is 74.9 Å². The van der Waals surface area contributed by atoms with Crippen LogP contribution >= 0.6 is 0 Å². The Hall–Kier alpha value is -1.61. The zero-order valence-corrected chi connectivity index (χ0v) is 19.7. The second-order valence-electron chi connectivity index (χ2n) is 11.9. The van der Waals surface area contributed by atoms with Crippen molar-refractivity contribution < 1.29 is 5.11 Å². The summed E-state index contributed by atoms with van der Waals surface area (Å²) in [5.74, 6) is 3.12. The molecule has 0 amide bonds. The standard InChI is InChI=1S/C28H38N2O/c1-17-5-8-20(9-6-17)30-18(2)22-16-28(4)19(15-25(22)29-30)7-10-21-23-11-12-26(31)27(23,3)14-13-24(21)28/h5-6,8-9,19,21,23-24,26,31H,7,10-16H2,1-4H3/t19-,21-,23-,24-,26-,27-,28-/m0/s1. The van der Waals surface area contributed by atoms with Gasteiger partial charge in [0, 0.05) is 5.69 Å². The molecule has 31 heavy (non-hydrogen) atoms. The summed E-state index contributed by atoms with van der Waals surface area (Å²) in [5.41, 5.74) is 7.28. The third kappa shape index (κ3) is 2.71. The fraction of sp³-hybridized carbons (Fsp3) is 0.679. The number of hydrogen-bond donors (Lipinski definition) is 1. The molecule has 0 radical (unpaired) electrons. The smallest absolute Gasteiger partial charge is 0.0666 e. The summed E-state index contributed by atoms with van der Waals surface area (Å²) in [6.45, 7) is 9.44. The van der Waals surface area contributed by atoms with Gasteiger partial charge in [0.25, 0.3) is 0 Å². The van der Waals surface area contributed by atoms with Crippen molar-refractivity contribution in [2.45, 2.75) is 85.2 Å². The van der Waals surface area contributed by atoms with Crippen molar-refractivity contribution >= 4 is 0 Å². The summed E-state index contributed by atoms with van der Waals surface area (Å²) >= 11 is 0. The first-order valence-corrected chi connectivity index (χ1v) is 12.6. The average molecular weight is 419 g/mol. The second kappa shape index (κ2) is 6.70. The van der Waals surface area contributed by atoms with Crippen LogP contribution in [0.25, 0.3) is 5.69 Å². The van der Waals surface area contributed by atoms with Crippen LogP contribution in [-0.4, -0.2) is 21.0 Å². The van der Waals surface area contributed by atoms with Crippen molar-refractivity contribution in [3.05, 3.63) is 46.8 Å². The number of aromatic nitrogens is 2. The Bertz CT molecular complexity index is 1010. The molecule has 1 aromatic heterocycles. The van der Waals surface area contributed by atoms with Crippen LogP contribution in [-0.2, 0) is 12.8 Å². The minimum Gasteiger partial charge on any atom is -0.393 e. The lowest BCUT2D eigenvalue weighted by molar-refractivity contribution is -0.111. The third-order valence-electron chi connectivity index (χ3n) is 10.6. The van der Waals surface area contributed by atoms with Crippen LogP contribution in [0.3, 0.4) is 0 Å². The van der Waals surface area contributed by atoms with Gasteiger partial charge in [0.05, 0.1) is 17.5 Å². The van der Waals surface area contributed by atoms with Gasteiger partial charge in [-0.1, -0.05) is 31.5 Å². The van der Waals surface area contributed by atoms with Crippen molar-refractivity contribution in [2.75, 3.05) is 0 Å². The quantitative estimate of drug-likeness (QED) is 0.635. The molecule has 3 saturated carbocycles. The highest BCUT2D eigenvalue weighted by atomic mass is 16.3. The monoisotopic (exact) mass is 418 g/mol. The van der Waals surface area contributed by atoms with Crippen molar-refractivity contribution in [1.82, 2.24) is 9.78 Å². The van der Waals surface area contributed by atoms with Crippen molar-refractivity contribution in [1.29, 1.82) is 0 Å². The predicted octanol–water partition coefficient (Wildman–Crippen LogP) is 5.81. The van der Waals surface area contributed by atoms with Crippen molar-refractivity contribution in [2.24, 2.45) is 34.5 Å². The molecule has 4 aliphatic rings. The third-order valence-corrected chi connectivity index (χ3v) is 10.6. The van der Waals surface area contributed by atoms with E-state index in [2.05, 4.69) is 56.6 Å². The molecule has 0 saturated heterocycles. The van der Waals surface area contributed by atoms with Gasteiger partial charge in [0.2, 0.25) is 0 Å². The maximum absolute atomic E-state index is 10.8. The Morgan fingerprint density at radius 1 is 0.935 bits per heavy atom. The Labute approximate surface area is 187 Å². The lowest BCUT2D eigenvalue weighted by Crippen LogP contribution is -2.54. The van der Waals surface area contributed by atoms with E-state index in [1.54, 1.807) is 0 Å². The molecule has 1 N–H and O–H groups in total. The number of hydrogen-bond acceptors (Lipinski definition) is 2. The summed E-state index contributed by atoms with van der Waals surface area (Å²) in [7, 11) is 0. The summed E-state index contributed by atoms with van der Waals surface area (Å²) in [5, 5.41) is 15.9. The van der Waals surface area contributed by atoms with Gasteiger partial charge in [-0.2, -0.15) is 5.10 Å². The number of aliphatic hydroxyl groups is 1. The average Bonchev–Trinajstić information content (AvgIpc) is 3.23. The molecular weight excluding hydrogens is 380 g/mol. The largest absolute Gasteiger partial charge is 0.393 e. The summed E-state index contributed by atoms with van der Waals surface area (Å²) in [4.78, 5) is 0. The maximum atomic E-state index is 10.8. The van der Waals surface area contributed by atoms with Gasteiger partial charge >= 0.3 is 0 Å². The van der Waals surface area contributed by atoms with Gasteiger partial charge in [-0.15, -0.1) is 0 Å². The molecule has 0 bridgehead atoms. The van der Waals surface area contributed by atoms with E-state index < -0.39 is 0 Å². The van der Waals surface area contributed by atoms with Crippen LogP contribution in [0, 0.1) is 48.3 Å². The van der Waals surface area contributed by atoms with E-state index in [4.69, 9.17) is 5.10 Å². The lowest BCUT2D eigenvalue weighted by Gasteiger charge is -2.60. The van der Waals surface area contributed by atoms with Crippen LogP contribution < -0.4 is 0 Å². The number of aryl methyl sites for hydroxylation is 1. The van der Waals surface area contributed by atoms with Gasteiger partial charge in [0.15, 0.2) is 0 Å². The second-order valence-corrected chi connectivity index (χ2v) is 11.9. The minimum absolute atomic E-state index is 0.0723. The Balaban J connectivity index is 1.35.